The lowest BCUT2D eigenvalue weighted by molar-refractivity contribution is 0.0947. The van der Waals surface area contributed by atoms with Crippen molar-refractivity contribution in [2.45, 2.75) is 53.5 Å². The zero-order valence-corrected chi connectivity index (χ0v) is 20.8. The maximum atomic E-state index is 13.3. The number of ether oxygens (including phenoxy) is 1. The van der Waals surface area contributed by atoms with E-state index in [0.717, 1.165) is 58.0 Å². The first-order valence-electron chi connectivity index (χ1n) is 11.4. The van der Waals surface area contributed by atoms with Crippen LogP contribution in [0.2, 0.25) is 0 Å². The molecule has 5 nitrogen and oxygen atoms in total. The van der Waals surface area contributed by atoms with E-state index in [1.54, 1.807) is 24.7 Å². The second-order valence-corrected chi connectivity index (χ2v) is 10.8. The van der Waals surface area contributed by atoms with Crippen LogP contribution in [-0.4, -0.2) is 19.2 Å². The van der Waals surface area contributed by atoms with Gasteiger partial charge in [-0.1, -0.05) is 20.8 Å². The molecule has 1 amide bonds. The fraction of sp³-hybridized carbons (Fsp3) is 0.407. The van der Waals surface area contributed by atoms with E-state index in [4.69, 9.17) is 14.1 Å². The normalized spacial score (nSPS) is 16.1. The summed E-state index contributed by atoms with van der Waals surface area (Å²) >= 11 is 1.66. The Balaban J connectivity index is 1.66. The Morgan fingerprint density at radius 2 is 2.15 bits per heavy atom. The molecule has 0 radical (unpaired) electrons. The SMILES string of the molecule is COc1ccc(C=Nc2sc3c(c2C(=O)NCc2ccco2)CC[C@H](C(C)(C)C)C3)c(C)c1. The number of methoxy groups -OCH3 is 1. The van der Waals surface area contributed by atoms with Crippen molar-refractivity contribution in [3.05, 3.63) is 69.5 Å². The maximum absolute atomic E-state index is 13.3. The van der Waals surface area contributed by atoms with E-state index >= 15 is 0 Å². The summed E-state index contributed by atoms with van der Waals surface area (Å²) in [5, 5.41) is 3.81. The monoisotopic (exact) mass is 464 g/mol. The molecule has 3 aromatic rings. The van der Waals surface area contributed by atoms with Gasteiger partial charge in [0.1, 0.15) is 16.5 Å². The number of amides is 1. The minimum Gasteiger partial charge on any atom is -0.497 e. The molecule has 2 heterocycles. The maximum Gasteiger partial charge on any atom is 0.255 e. The molecular weight excluding hydrogens is 432 g/mol. The fourth-order valence-corrected chi connectivity index (χ4v) is 5.62. The molecule has 2 aromatic heterocycles. The van der Waals surface area contributed by atoms with Crippen LogP contribution in [0.4, 0.5) is 5.00 Å². The molecule has 0 spiro atoms. The van der Waals surface area contributed by atoms with E-state index in [-0.39, 0.29) is 11.3 Å². The van der Waals surface area contributed by atoms with Crippen LogP contribution in [0.1, 0.15) is 64.9 Å². The largest absolute Gasteiger partial charge is 0.497 e. The summed E-state index contributed by atoms with van der Waals surface area (Å²) in [5.74, 6) is 2.07. The average molecular weight is 465 g/mol. The zero-order chi connectivity index (χ0) is 23.6. The van der Waals surface area contributed by atoms with Crippen LogP contribution in [0.3, 0.4) is 0 Å². The van der Waals surface area contributed by atoms with Gasteiger partial charge < -0.3 is 14.5 Å². The molecule has 1 aliphatic carbocycles. The van der Waals surface area contributed by atoms with Crippen LogP contribution >= 0.6 is 11.3 Å². The Morgan fingerprint density at radius 3 is 2.82 bits per heavy atom. The van der Waals surface area contributed by atoms with E-state index in [0.29, 0.717) is 12.5 Å². The summed E-state index contributed by atoms with van der Waals surface area (Å²) in [4.78, 5) is 19.4. The van der Waals surface area contributed by atoms with Crippen molar-refractivity contribution in [2.75, 3.05) is 7.11 Å². The Morgan fingerprint density at radius 1 is 1.33 bits per heavy atom. The van der Waals surface area contributed by atoms with Gasteiger partial charge in [-0.05, 0) is 84.5 Å². The van der Waals surface area contributed by atoms with Crippen LogP contribution in [0, 0.1) is 18.3 Å². The Labute approximate surface area is 199 Å². The molecule has 0 aliphatic heterocycles. The number of benzene rings is 1. The summed E-state index contributed by atoms with van der Waals surface area (Å²) in [6.07, 6.45) is 6.48. The van der Waals surface area contributed by atoms with Crippen molar-refractivity contribution >= 4 is 28.5 Å². The molecule has 0 saturated carbocycles. The summed E-state index contributed by atoms with van der Waals surface area (Å²) in [6, 6.07) is 9.61. The standard InChI is InChI=1S/C27H32N2O3S/c1-17-13-20(31-5)10-8-18(17)15-29-26-24(25(30)28-16-21-7-6-12-32-21)22-11-9-19(27(2,3)4)14-23(22)33-26/h6-8,10,12-13,15,19H,9,11,14,16H2,1-5H3,(H,28,30)/t19-/m0/s1. The van der Waals surface area contributed by atoms with E-state index in [9.17, 15) is 4.79 Å². The lowest BCUT2D eigenvalue weighted by Gasteiger charge is -2.33. The van der Waals surface area contributed by atoms with Crippen LogP contribution in [0.25, 0.3) is 0 Å². The minimum absolute atomic E-state index is 0.0864. The second kappa shape index (κ2) is 9.56. The van der Waals surface area contributed by atoms with E-state index in [1.807, 2.05) is 43.5 Å². The van der Waals surface area contributed by atoms with Crippen molar-refractivity contribution in [1.29, 1.82) is 0 Å². The third-order valence-corrected chi connectivity index (χ3v) is 7.66. The van der Waals surface area contributed by atoms with Crippen LogP contribution in [-0.2, 0) is 19.4 Å². The molecular formula is C27H32N2O3S. The number of hydrogen-bond donors (Lipinski definition) is 1. The third-order valence-electron chi connectivity index (χ3n) is 6.50. The van der Waals surface area contributed by atoms with E-state index in [1.165, 1.54) is 4.88 Å². The number of thiophene rings is 1. The smallest absolute Gasteiger partial charge is 0.255 e. The number of aliphatic imine (C=N–C) groups is 1. The number of furan rings is 1. The molecule has 1 N–H and O–H groups in total. The molecule has 6 heteroatoms. The predicted octanol–water partition coefficient (Wildman–Crippen LogP) is 6.49. The number of fused-ring (bicyclic) bond motifs is 1. The quantitative estimate of drug-likeness (QED) is 0.424. The lowest BCUT2D eigenvalue weighted by atomic mass is 9.72. The van der Waals surface area contributed by atoms with Crippen molar-refractivity contribution in [1.82, 2.24) is 5.32 Å². The van der Waals surface area contributed by atoms with Gasteiger partial charge in [0.2, 0.25) is 0 Å². The summed E-state index contributed by atoms with van der Waals surface area (Å²) in [7, 11) is 1.66. The first-order valence-corrected chi connectivity index (χ1v) is 12.2. The third kappa shape index (κ3) is 5.22. The highest BCUT2D eigenvalue weighted by atomic mass is 32.1. The van der Waals surface area contributed by atoms with Crippen LogP contribution < -0.4 is 10.1 Å². The number of nitrogens with one attached hydrogen (secondary N) is 1. The highest BCUT2D eigenvalue weighted by Crippen LogP contribution is 2.45. The summed E-state index contributed by atoms with van der Waals surface area (Å²) < 4.78 is 10.7. The van der Waals surface area contributed by atoms with E-state index < -0.39 is 0 Å². The summed E-state index contributed by atoms with van der Waals surface area (Å²) in [6.45, 7) is 9.31. The van der Waals surface area contributed by atoms with Crippen molar-refractivity contribution in [3.8, 4) is 5.75 Å². The van der Waals surface area contributed by atoms with Crippen molar-refractivity contribution in [2.24, 2.45) is 16.3 Å². The topological polar surface area (TPSA) is 63.8 Å². The van der Waals surface area contributed by atoms with Gasteiger partial charge in [-0.2, -0.15) is 0 Å². The van der Waals surface area contributed by atoms with E-state index in [2.05, 4.69) is 26.1 Å². The van der Waals surface area contributed by atoms with Crippen LogP contribution in [0.15, 0.2) is 46.0 Å². The highest BCUT2D eigenvalue weighted by Gasteiger charge is 2.33. The van der Waals surface area contributed by atoms with Crippen molar-refractivity contribution < 1.29 is 13.9 Å². The number of rotatable bonds is 6. The molecule has 4 rings (SSSR count). The molecule has 0 fully saturated rings. The Bertz CT molecular complexity index is 1150. The molecule has 1 aliphatic rings. The van der Waals surface area contributed by atoms with Gasteiger partial charge in [0.15, 0.2) is 0 Å². The van der Waals surface area contributed by atoms with Crippen molar-refractivity contribution in [3.63, 3.8) is 0 Å². The molecule has 0 unspecified atom stereocenters. The number of nitrogens with zero attached hydrogens (tertiary/aromatic N) is 1. The molecule has 0 saturated heterocycles. The van der Waals surface area contributed by atoms with Gasteiger partial charge in [-0.3, -0.25) is 4.79 Å². The van der Waals surface area contributed by atoms with Gasteiger partial charge >= 0.3 is 0 Å². The lowest BCUT2D eigenvalue weighted by Crippen LogP contribution is -2.28. The number of hydrogen-bond acceptors (Lipinski definition) is 5. The van der Waals surface area contributed by atoms with Gasteiger partial charge in [0.05, 0.1) is 25.5 Å². The fourth-order valence-electron chi connectivity index (χ4n) is 4.35. The number of carbonyl (C=O) groups is 1. The molecule has 33 heavy (non-hydrogen) atoms. The van der Waals surface area contributed by atoms with Crippen LogP contribution in [0.5, 0.6) is 5.75 Å². The van der Waals surface area contributed by atoms with Gasteiger partial charge in [-0.25, -0.2) is 4.99 Å². The molecule has 1 atom stereocenters. The molecule has 1 aromatic carbocycles. The molecule has 174 valence electrons. The minimum atomic E-state index is -0.0864. The number of aryl methyl sites for hydroxylation is 1. The van der Waals surface area contributed by atoms with Gasteiger partial charge in [-0.15, -0.1) is 11.3 Å². The number of carbonyl (C=O) groups excluding carboxylic acids is 1. The zero-order valence-electron chi connectivity index (χ0n) is 20.0. The second-order valence-electron chi connectivity index (χ2n) is 9.73. The van der Waals surface area contributed by atoms with Gasteiger partial charge in [0, 0.05) is 11.1 Å². The Kier molecular flexibility index (Phi) is 6.75. The summed E-state index contributed by atoms with van der Waals surface area (Å²) in [5.41, 5.74) is 4.22. The first-order chi connectivity index (χ1) is 15.8. The predicted molar refractivity (Wildman–Crippen MR) is 134 cm³/mol. The first kappa shape index (κ1) is 23.3. The van der Waals surface area contributed by atoms with Gasteiger partial charge in [0.25, 0.3) is 5.91 Å². The highest BCUT2D eigenvalue weighted by molar-refractivity contribution is 7.16. The average Bonchev–Trinajstić information content (AvgIpc) is 3.43. The molecule has 0 bridgehead atoms. The Hall–Kier alpha value is -2.86.